The lowest BCUT2D eigenvalue weighted by Gasteiger charge is -2.38. The molecule has 2 bridgehead atoms. The third kappa shape index (κ3) is 3.22. The van der Waals surface area contributed by atoms with E-state index >= 15 is 0 Å². The van der Waals surface area contributed by atoms with Crippen molar-refractivity contribution in [2.45, 2.75) is 50.7 Å². The number of aliphatic carboxylic acids is 1. The van der Waals surface area contributed by atoms with Crippen molar-refractivity contribution in [3.05, 3.63) is 34.6 Å². The van der Waals surface area contributed by atoms with Crippen LogP contribution in [0.25, 0.3) is 0 Å². The van der Waals surface area contributed by atoms with Crippen LogP contribution in [0.15, 0.2) is 18.2 Å². The summed E-state index contributed by atoms with van der Waals surface area (Å²) in [7, 11) is 0. The number of piperidine rings is 1. The van der Waals surface area contributed by atoms with Crippen LogP contribution in [0.4, 0.5) is 4.39 Å². The molecular formula is C16H19ClFNO2. The molecule has 0 aliphatic carbocycles. The van der Waals surface area contributed by atoms with Crippen molar-refractivity contribution < 1.29 is 14.3 Å². The van der Waals surface area contributed by atoms with Crippen molar-refractivity contribution in [2.75, 3.05) is 0 Å². The lowest BCUT2D eigenvalue weighted by molar-refractivity contribution is -0.138. The van der Waals surface area contributed by atoms with Crippen LogP contribution in [0.1, 0.15) is 37.7 Å². The highest BCUT2D eigenvalue weighted by atomic mass is 35.5. The Balaban J connectivity index is 1.69. The Kier molecular flexibility index (Phi) is 4.18. The molecule has 114 valence electrons. The number of carboxylic acid groups (broad SMARTS) is 1. The second kappa shape index (κ2) is 5.93. The minimum absolute atomic E-state index is 0.276. The van der Waals surface area contributed by atoms with E-state index < -0.39 is 5.97 Å². The van der Waals surface area contributed by atoms with E-state index in [4.69, 9.17) is 16.7 Å². The highest BCUT2D eigenvalue weighted by Gasteiger charge is 2.41. The molecule has 0 radical (unpaired) electrons. The quantitative estimate of drug-likeness (QED) is 0.922. The van der Waals surface area contributed by atoms with Crippen LogP contribution < -0.4 is 0 Å². The first-order valence-corrected chi connectivity index (χ1v) is 7.82. The van der Waals surface area contributed by atoms with Crippen LogP contribution in [0.5, 0.6) is 0 Å². The molecular weight excluding hydrogens is 293 g/mol. The van der Waals surface area contributed by atoms with Gasteiger partial charge in [-0.05, 0) is 49.3 Å². The van der Waals surface area contributed by atoms with Crippen molar-refractivity contribution in [1.29, 1.82) is 0 Å². The first kappa shape index (κ1) is 14.8. The average Bonchev–Trinajstić information content (AvgIpc) is 2.64. The predicted molar refractivity (Wildman–Crippen MR) is 78.7 cm³/mol. The fourth-order valence-corrected chi connectivity index (χ4v) is 4.13. The fourth-order valence-electron chi connectivity index (χ4n) is 3.91. The number of carboxylic acids is 1. The van der Waals surface area contributed by atoms with Gasteiger partial charge >= 0.3 is 5.97 Å². The number of benzene rings is 1. The molecule has 2 aliphatic heterocycles. The van der Waals surface area contributed by atoms with Gasteiger partial charge < -0.3 is 5.11 Å². The van der Waals surface area contributed by atoms with E-state index in [1.54, 1.807) is 6.07 Å². The summed E-state index contributed by atoms with van der Waals surface area (Å²) in [5.41, 5.74) is 0.951. The third-order valence-electron chi connectivity index (χ3n) is 4.81. The first-order valence-electron chi connectivity index (χ1n) is 7.44. The number of hydrogen-bond acceptors (Lipinski definition) is 2. The number of nitrogens with zero attached hydrogens (tertiary/aromatic N) is 1. The third-order valence-corrected chi connectivity index (χ3v) is 5.17. The van der Waals surface area contributed by atoms with Crippen molar-refractivity contribution in [1.82, 2.24) is 4.90 Å². The fraction of sp³-hybridized carbons (Fsp3) is 0.562. The van der Waals surface area contributed by atoms with Crippen LogP contribution in [0.3, 0.4) is 0 Å². The monoisotopic (exact) mass is 311 g/mol. The lowest BCUT2D eigenvalue weighted by atomic mass is 9.88. The zero-order valence-electron chi connectivity index (χ0n) is 11.8. The number of carbonyl (C=O) groups is 1. The van der Waals surface area contributed by atoms with Gasteiger partial charge in [-0.1, -0.05) is 17.7 Å². The summed E-state index contributed by atoms with van der Waals surface area (Å²) in [6.45, 7) is 0.730. The molecule has 2 saturated heterocycles. The Bertz CT molecular complexity index is 537. The average molecular weight is 312 g/mol. The van der Waals surface area contributed by atoms with E-state index in [-0.39, 0.29) is 12.2 Å². The van der Waals surface area contributed by atoms with Crippen molar-refractivity contribution in [2.24, 2.45) is 5.92 Å². The summed E-state index contributed by atoms with van der Waals surface area (Å²) >= 11 is 6.12. The molecule has 21 heavy (non-hydrogen) atoms. The van der Waals surface area contributed by atoms with E-state index in [0.29, 0.717) is 23.0 Å². The zero-order chi connectivity index (χ0) is 15.0. The highest BCUT2D eigenvalue weighted by Crippen LogP contribution is 2.41. The van der Waals surface area contributed by atoms with Crippen LogP contribution in [0.2, 0.25) is 5.02 Å². The van der Waals surface area contributed by atoms with E-state index in [1.807, 2.05) is 0 Å². The molecule has 0 saturated carbocycles. The number of fused-ring (bicyclic) bond motifs is 2. The van der Waals surface area contributed by atoms with E-state index in [0.717, 1.165) is 37.8 Å². The Hall–Kier alpha value is -1.13. The summed E-state index contributed by atoms with van der Waals surface area (Å²) in [6, 6.07) is 5.43. The highest BCUT2D eigenvalue weighted by molar-refractivity contribution is 6.31. The molecule has 2 fully saturated rings. The molecule has 3 rings (SSSR count). The molecule has 3 nitrogen and oxygen atoms in total. The van der Waals surface area contributed by atoms with Crippen molar-refractivity contribution in [3.63, 3.8) is 0 Å². The maximum Gasteiger partial charge on any atom is 0.303 e. The van der Waals surface area contributed by atoms with Gasteiger partial charge in [0.05, 0.1) is 0 Å². The maximum atomic E-state index is 13.1. The van der Waals surface area contributed by atoms with Crippen LogP contribution >= 0.6 is 11.6 Å². The maximum absolute atomic E-state index is 13.1. The number of hydrogen-bond donors (Lipinski definition) is 1. The molecule has 1 aromatic carbocycles. The SMILES string of the molecule is O=C(O)CC1CC2CCC(C1)N2Cc1ccc(F)cc1Cl. The standard InChI is InChI=1S/C16H19ClFNO2/c17-15-8-12(18)2-1-11(15)9-19-13-3-4-14(19)6-10(5-13)7-16(20)21/h1-2,8,10,13-14H,3-7,9H2,(H,20,21). The molecule has 1 aromatic rings. The summed E-state index contributed by atoms with van der Waals surface area (Å²) in [5.74, 6) is -0.721. The van der Waals surface area contributed by atoms with Gasteiger partial charge in [0.25, 0.3) is 0 Å². The van der Waals surface area contributed by atoms with Gasteiger partial charge in [-0.3, -0.25) is 9.69 Å². The van der Waals surface area contributed by atoms with E-state index in [1.165, 1.54) is 12.1 Å². The van der Waals surface area contributed by atoms with Crippen LogP contribution in [-0.2, 0) is 11.3 Å². The van der Waals surface area contributed by atoms with Gasteiger partial charge in [0.2, 0.25) is 0 Å². The van der Waals surface area contributed by atoms with Gasteiger partial charge in [0, 0.05) is 30.1 Å². The van der Waals surface area contributed by atoms with Gasteiger partial charge in [0.1, 0.15) is 5.82 Å². The van der Waals surface area contributed by atoms with Gasteiger partial charge in [-0.15, -0.1) is 0 Å². The summed E-state index contributed by atoms with van der Waals surface area (Å²) in [5, 5.41) is 9.43. The van der Waals surface area contributed by atoms with Crippen LogP contribution in [0, 0.1) is 11.7 Å². The molecule has 2 unspecified atom stereocenters. The summed E-state index contributed by atoms with van der Waals surface area (Å²) < 4.78 is 13.1. The molecule has 2 heterocycles. The smallest absolute Gasteiger partial charge is 0.303 e. The van der Waals surface area contributed by atoms with Gasteiger partial charge in [-0.25, -0.2) is 4.39 Å². The minimum atomic E-state index is -0.700. The molecule has 0 aromatic heterocycles. The zero-order valence-corrected chi connectivity index (χ0v) is 12.5. The summed E-state index contributed by atoms with van der Waals surface area (Å²) in [6.07, 6.45) is 4.42. The molecule has 2 aliphatic rings. The summed E-state index contributed by atoms with van der Waals surface area (Å²) in [4.78, 5) is 13.3. The van der Waals surface area contributed by atoms with Crippen molar-refractivity contribution >= 4 is 17.6 Å². The normalized spacial score (nSPS) is 28.8. The second-order valence-electron chi connectivity index (χ2n) is 6.23. The van der Waals surface area contributed by atoms with Gasteiger partial charge in [0.15, 0.2) is 0 Å². The first-order chi connectivity index (χ1) is 10.0. The topological polar surface area (TPSA) is 40.5 Å². The van der Waals surface area contributed by atoms with Crippen molar-refractivity contribution in [3.8, 4) is 0 Å². The Morgan fingerprint density at radius 1 is 1.33 bits per heavy atom. The van der Waals surface area contributed by atoms with Gasteiger partial charge in [-0.2, -0.15) is 0 Å². The molecule has 5 heteroatoms. The number of halogens is 2. The van der Waals surface area contributed by atoms with E-state index in [2.05, 4.69) is 4.90 Å². The molecule has 0 amide bonds. The second-order valence-corrected chi connectivity index (χ2v) is 6.64. The van der Waals surface area contributed by atoms with E-state index in [9.17, 15) is 9.18 Å². The number of rotatable bonds is 4. The Morgan fingerprint density at radius 3 is 2.57 bits per heavy atom. The molecule has 0 spiro atoms. The molecule has 2 atom stereocenters. The van der Waals surface area contributed by atoms with Crippen LogP contribution in [-0.4, -0.2) is 28.1 Å². The largest absolute Gasteiger partial charge is 0.481 e. The Labute approximate surface area is 128 Å². The minimum Gasteiger partial charge on any atom is -0.481 e. The predicted octanol–water partition coefficient (Wildman–Crippen LogP) is 3.70. The Morgan fingerprint density at radius 2 is 2.00 bits per heavy atom. The lowest BCUT2D eigenvalue weighted by Crippen LogP contribution is -2.42. The molecule has 1 N–H and O–H groups in total.